The fraction of sp³-hybridized carbons (Fsp3) is 0.444. The number of benzene rings is 1. The van der Waals surface area contributed by atoms with E-state index in [1.807, 2.05) is 59.4 Å². The summed E-state index contributed by atoms with van der Waals surface area (Å²) in [5.41, 5.74) is 2.21. The molecule has 3 heterocycles. The molecule has 36 heavy (non-hydrogen) atoms. The van der Waals surface area contributed by atoms with Crippen molar-refractivity contribution in [3.8, 4) is 5.88 Å². The molecule has 1 saturated heterocycles. The van der Waals surface area contributed by atoms with Gasteiger partial charge in [0.1, 0.15) is 18.9 Å². The maximum atomic E-state index is 12.6. The molecule has 2 fully saturated rings. The first-order valence-electron chi connectivity index (χ1n) is 12.7. The van der Waals surface area contributed by atoms with E-state index in [9.17, 15) is 4.79 Å². The molecule has 9 heteroatoms. The fourth-order valence-electron chi connectivity index (χ4n) is 4.88. The number of amides is 1. The Bertz CT molecular complexity index is 1090. The second kappa shape index (κ2) is 12.0. The van der Waals surface area contributed by atoms with E-state index >= 15 is 0 Å². The predicted octanol–water partition coefficient (Wildman–Crippen LogP) is 4.42. The Morgan fingerprint density at radius 3 is 2.47 bits per heavy atom. The highest BCUT2D eigenvalue weighted by Gasteiger charge is 2.29. The average molecular weight is 492 g/mol. The van der Waals surface area contributed by atoms with E-state index in [0.717, 1.165) is 63.2 Å². The normalized spacial score (nSPS) is 20.6. The fourth-order valence-corrected chi connectivity index (χ4v) is 4.88. The van der Waals surface area contributed by atoms with Gasteiger partial charge in [-0.2, -0.15) is 0 Å². The average Bonchev–Trinajstić information content (AvgIpc) is 3.35. The van der Waals surface area contributed by atoms with Gasteiger partial charge in [-0.3, -0.25) is 19.9 Å². The standard InChI is InChI=1S/C27H33N5O4/c33-27(36-19-21-6-2-1-3-7-21)29-25-18-32(30-26(25)35-20-22-8-4-5-13-28-22)24-11-9-23(10-12-24)31-14-16-34-17-15-31/h1-8,13,18,23-24H,9-12,14-17,19-20H2,(H,29,33). The van der Waals surface area contributed by atoms with Crippen LogP contribution in [-0.2, 0) is 22.7 Å². The summed E-state index contributed by atoms with van der Waals surface area (Å²) >= 11 is 0. The van der Waals surface area contributed by atoms with E-state index in [1.54, 1.807) is 6.20 Å². The van der Waals surface area contributed by atoms with Crippen LogP contribution >= 0.6 is 0 Å². The lowest BCUT2D eigenvalue weighted by Crippen LogP contribution is -2.45. The number of aromatic nitrogens is 3. The highest BCUT2D eigenvalue weighted by atomic mass is 16.5. The Morgan fingerprint density at radius 2 is 1.72 bits per heavy atom. The van der Waals surface area contributed by atoms with Crippen LogP contribution in [0.1, 0.15) is 43.0 Å². The largest absolute Gasteiger partial charge is 0.469 e. The molecule has 2 aliphatic rings. The molecule has 0 atom stereocenters. The summed E-state index contributed by atoms with van der Waals surface area (Å²) in [6.45, 7) is 4.13. The summed E-state index contributed by atoms with van der Waals surface area (Å²) in [6.07, 6.45) is 7.34. The molecule has 1 N–H and O–H groups in total. The van der Waals surface area contributed by atoms with Gasteiger partial charge in [-0.1, -0.05) is 36.4 Å². The molecule has 0 unspecified atom stereocenters. The Hall–Kier alpha value is -3.43. The van der Waals surface area contributed by atoms with Crippen molar-refractivity contribution in [3.63, 3.8) is 0 Å². The zero-order valence-corrected chi connectivity index (χ0v) is 20.4. The molecule has 1 aromatic carbocycles. The van der Waals surface area contributed by atoms with Gasteiger partial charge < -0.3 is 14.2 Å². The number of carbonyl (C=O) groups is 1. The van der Waals surface area contributed by atoms with Gasteiger partial charge in [0.2, 0.25) is 0 Å². The maximum absolute atomic E-state index is 12.6. The molecular formula is C27H33N5O4. The van der Waals surface area contributed by atoms with Crippen LogP contribution in [0.5, 0.6) is 5.88 Å². The Labute approximate surface area is 211 Å². The van der Waals surface area contributed by atoms with Gasteiger partial charge in [0.05, 0.1) is 31.1 Å². The van der Waals surface area contributed by atoms with E-state index in [-0.39, 0.29) is 19.3 Å². The molecule has 3 aromatic rings. The van der Waals surface area contributed by atoms with Gasteiger partial charge in [0, 0.05) is 25.3 Å². The molecule has 190 valence electrons. The van der Waals surface area contributed by atoms with E-state index in [4.69, 9.17) is 19.3 Å². The minimum absolute atomic E-state index is 0.191. The SMILES string of the molecule is O=C(Nc1cn(C2CCC(N3CCOCC3)CC2)nc1OCc1ccccn1)OCc1ccccc1. The lowest BCUT2D eigenvalue weighted by molar-refractivity contribution is 0.00502. The van der Waals surface area contributed by atoms with Crippen LogP contribution in [0.15, 0.2) is 60.9 Å². The van der Waals surface area contributed by atoms with Gasteiger partial charge in [-0.15, -0.1) is 5.10 Å². The molecule has 1 saturated carbocycles. The Balaban J connectivity index is 1.24. The highest BCUT2D eigenvalue weighted by molar-refractivity contribution is 5.86. The lowest BCUT2D eigenvalue weighted by Gasteiger charge is -2.38. The van der Waals surface area contributed by atoms with Gasteiger partial charge in [-0.25, -0.2) is 4.79 Å². The number of hydrogen-bond donors (Lipinski definition) is 1. The second-order valence-electron chi connectivity index (χ2n) is 9.24. The van der Waals surface area contributed by atoms with Crippen molar-refractivity contribution < 1.29 is 19.0 Å². The highest BCUT2D eigenvalue weighted by Crippen LogP contribution is 2.34. The predicted molar refractivity (Wildman–Crippen MR) is 135 cm³/mol. The van der Waals surface area contributed by atoms with Crippen molar-refractivity contribution >= 4 is 11.8 Å². The third kappa shape index (κ3) is 6.41. The van der Waals surface area contributed by atoms with Crippen molar-refractivity contribution in [1.29, 1.82) is 0 Å². The van der Waals surface area contributed by atoms with E-state index in [0.29, 0.717) is 17.6 Å². The van der Waals surface area contributed by atoms with Crippen LogP contribution < -0.4 is 10.1 Å². The molecule has 5 rings (SSSR count). The molecule has 0 radical (unpaired) electrons. The molecule has 1 aliphatic heterocycles. The summed E-state index contributed by atoms with van der Waals surface area (Å²) < 4.78 is 18.9. The first kappa shape index (κ1) is 24.3. The number of nitrogens with zero attached hydrogens (tertiary/aromatic N) is 4. The molecule has 9 nitrogen and oxygen atoms in total. The van der Waals surface area contributed by atoms with Gasteiger partial charge in [0.15, 0.2) is 0 Å². The van der Waals surface area contributed by atoms with Crippen molar-refractivity contribution in [2.75, 3.05) is 31.6 Å². The molecule has 0 bridgehead atoms. The lowest BCUT2D eigenvalue weighted by atomic mass is 9.90. The number of carbonyl (C=O) groups excluding carboxylic acids is 1. The van der Waals surface area contributed by atoms with Crippen molar-refractivity contribution in [2.45, 2.75) is 51.0 Å². The zero-order valence-electron chi connectivity index (χ0n) is 20.4. The minimum atomic E-state index is -0.544. The number of anilines is 1. The molecule has 1 aliphatic carbocycles. The smallest absolute Gasteiger partial charge is 0.412 e. The molecule has 1 amide bonds. The first-order chi connectivity index (χ1) is 17.7. The second-order valence-corrected chi connectivity index (χ2v) is 9.24. The summed E-state index contributed by atoms with van der Waals surface area (Å²) in [4.78, 5) is 19.4. The van der Waals surface area contributed by atoms with Gasteiger partial charge in [0.25, 0.3) is 5.88 Å². The van der Waals surface area contributed by atoms with Crippen LogP contribution in [0.2, 0.25) is 0 Å². The van der Waals surface area contributed by atoms with Crippen molar-refractivity contribution in [1.82, 2.24) is 19.7 Å². The van der Waals surface area contributed by atoms with E-state index < -0.39 is 6.09 Å². The number of rotatable bonds is 8. The van der Waals surface area contributed by atoms with Gasteiger partial charge in [-0.05, 0) is 43.4 Å². The van der Waals surface area contributed by atoms with Crippen molar-refractivity contribution in [3.05, 3.63) is 72.2 Å². The number of ether oxygens (including phenoxy) is 3. The monoisotopic (exact) mass is 491 g/mol. The Morgan fingerprint density at radius 1 is 0.972 bits per heavy atom. The number of morpholine rings is 1. The first-order valence-corrected chi connectivity index (χ1v) is 12.7. The molecule has 2 aromatic heterocycles. The van der Waals surface area contributed by atoms with E-state index in [1.165, 1.54) is 0 Å². The maximum Gasteiger partial charge on any atom is 0.412 e. The Kier molecular flexibility index (Phi) is 8.10. The summed E-state index contributed by atoms with van der Waals surface area (Å²) in [5.74, 6) is 0.368. The number of pyridine rings is 1. The quantitative estimate of drug-likeness (QED) is 0.499. The van der Waals surface area contributed by atoms with E-state index in [2.05, 4.69) is 15.2 Å². The third-order valence-electron chi connectivity index (χ3n) is 6.83. The summed E-state index contributed by atoms with van der Waals surface area (Å²) in [5, 5.41) is 7.55. The topological polar surface area (TPSA) is 90.7 Å². The van der Waals surface area contributed by atoms with Crippen LogP contribution in [0, 0.1) is 0 Å². The third-order valence-corrected chi connectivity index (χ3v) is 6.83. The number of hydrogen-bond acceptors (Lipinski definition) is 7. The summed E-state index contributed by atoms with van der Waals surface area (Å²) in [7, 11) is 0. The molecule has 0 spiro atoms. The van der Waals surface area contributed by atoms with Gasteiger partial charge >= 0.3 is 6.09 Å². The van der Waals surface area contributed by atoms with Crippen LogP contribution in [0.3, 0.4) is 0 Å². The van der Waals surface area contributed by atoms with Crippen molar-refractivity contribution in [2.24, 2.45) is 0 Å². The number of nitrogens with one attached hydrogen (secondary N) is 1. The summed E-state index contributed by atoms with van der Waals surface area (Å²) in [6, 6.07) is 16.1. The van der Waals surface area contributed by atoms with Crippen LogP contribution in [-0.4, -0.2) is 58.1 Å². The van der Waals surface area contributed by atoms with Crippen LogP contribution in [0.4, 0.5) is 10.5 Å². The zero-order chi connectivity index (χ0) is 24.6. The minimum Gasteiger partial charge on any atom is -0.469 e. The van der Waals surface area contributed by atoms with Crippen LogP contribution in [0.25, 0.3) is 0 Å². The molecular weight excluding hydrogens is 458 g/mol.